The number of para-hydroxylation sites is 2. The predicted molar refractivity (Wildman–Crippen MR) is 82.7 cm³/mol. The van der Waals surface area contributed by atoms with Crippen molar-refractivity contribution < 1.29 is 9.53 Å². The van der Waals surface area contributed by atoms with Crippen LogP contribution in [0, 0.1) is 0 Å². The van der Waals surface area contributed by atoms with Gasteiger partial charge in [0.25, 0.3) is 0 Å². The van der Waals surface area contributed by atoms with E-state index < -0.39 is 0 Å². The number of hydrogen-bond acceptors (Lipinski definition) is 4. The molecule has 2 amide bonds. The number of carbonyl (C=O) groups is 1. The molecule has 110 valence electrons. The van der Waals surface area contributed by atoms with Crippen LogP contribution in [-0.2, 0) is 0 Å². The summed E-state index contributed by atoms with van der Waals surface area (Å²) in [4.78, 5) is 15.9. The molecule has 0 aliphatic heterocycles. The zero-order chi connectivity index (χ0) is 14.9. The molecule has 0 bridgehead atoms. The minimum Gasteiger partial charge on any atom is -0.495 e. The van der Waals surface area contributed by atoms with Gasteiger partial charge in [0.05, 0.1) is 12.8 Å². The van der Waals surface area contributed by atoms with E-state index in [2.05, 4.69) is 20.9 Å². The standard InChI is InChI=1S/C15H18N4O2/c1-21-13-7-3-2-6-12(13)19-15(20)18-11-10-17-14-8-4-5-9-16-14/h2-9H,10-11H2,1H3,(H,16,17)(H2,18,19,20). The van der Waals surface area contributed by atoms with Gasteiger partial charge in [-0.2, -0.15) is 0 Å². The van der Waals surface area contributed by atoms with Crippen molar-refractivity contribution in [2.24, 2.45) is 0 Å². The van der Waals surface area contributed by atoms with Crippen LogP contribution in [0.5, 0.6) is 5.75 Å². The average molecular weight is 286 g/mol. The first-order valence-electron chi connectivity index (χ1n) is 6.62. The lowest BCUT2D eigenvalue weighted by Crippen LogP contribution is -2.32. The second kappa shape index (κ2) is 7.74. The Morgan fingerprint density at radius 2 is 1.95 bits per heavy atom. The molecule has 0 saturated carbocycles. The Bertz CT molecular complexity index is 575. The van der Waals surface area contributed by atoms with Crippen LogP contribution in [0.1, 0.15) is 0 Å². The van der Waals surface area contributed by atoms with Crippen LogP contribution in [0.25, 0.3) is 0 Å². The minimum absolute atomic E-state index is 0.276. The minimum atomic E-state index is -0.276. The van der Waals surface area contributed by atoms with E-state index >= 15 is 0 Å². The van der Waals surface area contributed by atoms with Gasteiger partial charge in [-0.3, -0.25) is 0 Å². The molecule has 0 unspecified atom stereocenters. The summed E-state index contributed by atoms with van der Waals surface area (Å²) in [7, 11) is 1.56. The number of aromatic nitrogens is 1. The van der Waals surface area contributed by atoms with Crippen molar-refractivity contribution in [2.75, 3.05) is 30.8 Å². The molecule has 1 heterocycles. The largest absolute Gasteiger partial charge is 0.495 e. The van der Waals surface area contributed by atoms with Gasteiger partial charge < -0.3 is 20.7 Å². The van der Waals surface area contributed by atoms with Crippen molar-refractivity contribution in [2.45, 2.75) is 0 Å². The summed E-state index contributed by atoms with van der Waals surface area (Å²) in [6.07, 6.45) is 1.71. The number of anilines is 2. The molecule has 0 fully saturated rings. The monoisotopic (exact) mass is 286 g/mol. The Morgan fingerprint density at radius 3 is 2.71 bits per heavy atom. The Balaban J connectivity index is 1.72. The quantitative estimate of drug-likeness (QED) is 0.712. The van der Waals surface area contributed by atoms with Gasteiger partial charge in [-0.15, -0.1) is 0 Å². The van der Waals surface area contributed by atoms with Crippen molar-refractivity contribution in [3.8, 4) is 5.75 Å². The van der Waals surface area contributed by atoms with Gasteiger partial charge in [-0.1, -0.05) is 18.2 Å². The van der Waals surface area contributed by atoms with Crippen LogP contribution in [0.3, 0.4) is 0 Å². The zero-order valence-corrected chi connectivity index (χ0v) is 11.8. The molecule has 3 N–H and O–H groups in total. The number of methoxy groups -OCH3 is 1. The summed E-state index contributed by atoms with van der Waals surface area (Å²) in [6, 6.07) is 12.6. The lowest BCUT2D eigenvalue weighted by Gasteiger charge is -2.11. The summed E-state index contributed by atoms with van der Waals surface area (Å²) >= 11 is 0. The number of pyridine rings is 1. The fourth-order valence-electron chi connectivity index (χ4n) is 1.75. The van der Waals surface area contributed by atoms with Crippen LogP contribution >= 0.6 is 0 Å². The van der Waals surface area contributed by atoms with Gasteiger partial charge in [0.1, 0.15) is 11.6 Å². The number of benzene rings is 1. The van der Waals surface area contributed by atoms with Crippen LogP contribution in [-0.4, -0.2) is 31.2 Å². The maximum atomic E-state index is 11.8. The van der Waals surface area contributed by atoms with E-state index in [9.17, 15) is 4.79 Å². The van der Waals surface area contributed by atoms with Crippen molar-refractivity contribution in [3.05, 3.63) is 48.7 Å². The third-order valence-electron chi connectivity index (χ3n) is 2.74. The van der Waals surface area contributed by atoms with E-state index in [4.69, 9.17) is 4.74 Å². The molecular weight excluding hydrogens is 268 g/mol. The van der Waals surface area contributed by atoms with Gasteiger partial charge in [0, 0.05) is 19.3 Å². The van der Waals surface area contributed by atoms with E-state index in [1.165, 1.54) is 0 Å². The molecule has 2 rings (SSSR count). The molecule has 0 saturated heterocycles. The van der Waals surface area contributed by atoms with Crippen molar-refractivity contribution in [3.63, 3.8) is 0 Å². The van der Waals surface area contributed by atoms with Gasteiger partial charge in [0.2, 0.25) is 0 Å². The van der Waals surface area contributed by atoms with Gasteiger partial charge in [-0.05, 0) is 24.3 Å². The highest BCUT2D eigenvalue weighted by atomic mass is 16.5. The first-order valence-corrected chi connectivity index (χ1v) is 6.62. The highest BCUT2D eigenvalue weighted by Gasteiger charge is 2.05. The van der Waals surface area contributed by atoms with E-state index in [0.29, 0.717) is 24.5 Å². The molecule has 1 aromatic carbocycles. The third kappa shape index (κ3) is 4.68. The summed E-state index contributed by atoms with van der Waals surface area (Å²) in [6.45, 7) is 1.08. The van der Waals surface area contributed by atoms with Gasteiger partial charge in [-0.25, -0.2) is 9.78 Å². The molecule has 21 heavy (non-hydrogen) atoms. The number of nitrogens with zero attached hydrogens (tertiary/aromatic N) is 1. The number of urea groups is 1. The molecule has 6 heteroatoms. The van der Waals surface area contributed by atoms with Crippen LogP contribution < -0.4 is 20.7 Å². The van der Waals surface area contributed by atoms with E-state index in [1.54, 1.807) is 25.4 Å². The number of carbonyl (C=O) groups excluding carboxylic acids is 1. The first-order chi connectivity index (χ1) is 10.3. The summed E-state index contributed by atoms with van der Waals surface area (Å²) < 4.78 is 5.17. The smallest absolute Gasteiger partial charge is 0.319 e. The van der Waals surface area contributed by atoms with Crippen molar-refractivity contribution in [1.29, 1.82) is 0 Å². The van der Waals surface area contributed by atoms with Crippen LogP contribution in [0.2, 0.25) is 0 Å². The molecular formula is C15H18N4O2. The number of amides is 2. The number of hydrogen-bond donors (Lipinski definition) is 3. The van der Waals surface area contributed by atoms with Gasteiger partial charge in [0.15, 0.2) is 0 Å². The molecule has 1 aromatic heterocycles. The van der Waals surface area contributed by atoms with Crippen LogP contribution in [0.4, 0.5) is 16.3 Å². The fraction of sp³-hybridized carbons (Fsp3) is 0.200. The van der Waals surface area contributed by atoms with E-state index in [0.717, 1.165) is 5.82 Å². The second-order valence-corrected chi connectivity index (χ2v) is 4.22. The lowest BCUT2D eigenvalue weighted by molar-refractivity contribution is 0.252. The van der Waals surface area contributed by atoms with Crippen molar-refractivity contribution in [1.82, 2.24) is 10.3 Å². The topological polar surface area (TPSA) is 75.3 Å². The molecule has 0 aliphatic carbocycles. The normalized spacial score (nSPS) is 9.76. The third-order valence-corrected chi connectivity index (χ3v) is 2.74. The Hall–Kier alpha value is -2.76. The summed E-state index contributed by atoms with van der Waals surface area (Å²) in [5.41, 5.74) is 0.634. The molecule has 2 aromatic rings. The predicted octanol–water partition coefficient (Wildman–Crippen LogP) is 2.32. The molecule has 6 nitrogen and oxygen atoms in total. The zero-order valence-electron chi connectivity index (χ0n) is 11.8. The maximum Gasteiger partial charge on any atom is 0.319 e. The van der Waals surface area contributed by atoms with Gasteiger partial charge >= 0.3 is 6.03 Å². The molecule has 0 radical (unpaired) electrons. The first kappa shape index (κ1) is 14.6. The number of nitrogens with one attached hydrogen (secondary N) is 3. The Labute approximate surface area is 123 Å². The summed E-state index contributed by atoms with van der Waals surface area (Å²) in [5.74, 6) is 1.41. The Kier molecular flexibility index (Phi) is 5.40. The average Bonchev–Trinajstić information content (AvgIpc) is 2.53. The lowest BCUT2D eigenvalue weighted by atomic mass is 10.3. The van der Waals surface area contributed by atoms with Crippen LogP contribution in [0.15, 0.2) is 48.7 Å². The SMILES string of the molecule is COc1ccccc1NC(=O)NCCNc1ccccn1. The summed E-state index contributed by atoms with van der Waals surface area (Å²) in [5, 5.41) is 8.61. The van der Waals surface area contributed by atoms with E-state index in [1.807, 2.05) is 30.3 Å². The second-order valence-electron chi connectivity index (χ2n) is 4.22. The number of rotatable bonds is 6. The highest BCUT2D eigenvalue weighted by molar-refractivity contribution is 5.90. The Morgan fingerprint density at radius 1 is 1.14 bits per heavy atom. The van der Waals surface area contributed by atoms with E-state index in [-0.39, 0.29) is 6.03 Å². The highest BCUT2D eigenvalue weighted by Crippen LogP contribution is 2.22. The molecule has 0 atom stereocenters. The molecule has 0 spiro atoms. The number of ether oxygens (including phenoxy) is 1. The maximum absolute atomic E-state index is 11.8. The molecule has 0 aliphatic rings. The van der Waals surface area contributed by atoms with Crippen molar-refractivity contribution >= 4 is 17.5 Å². The fourth-order valence-corrected chi connectivity index (χ4v) is 1.75.